The van der Waals surface area contributed by atoms with Gasteiger partial charge >= 0.3 is 5.97 Å². The number of unbranched alkanes of at least 4 members (excludes halogenated alkanes) is 3. The number of fused-ring (bicyclic) bond motifs is 2. The van der Waals surface area contributed by atoms with Crippen LogP contribution in [0.4, 0.5) is 5.69 Å². The van der Waals surface area contributed by atoms with Crippen LogP contribution < -0.4 is 15.8 Å². The van der Waals surface area contributed by atoms with E-state index >= 15 is 0 Å². The molecule has 0 unspecified atom stereocenters. The number of pyridine rings is 1. The first kappa shape index (κ1) is 25.0. The second kappa shape index (κ2) is 12.5. The number of methoxy groups -OCH3 is 1. The number of carbonyl (C=O) groups is 1. The number of hydrogen-bond acceptors (Lipinski definition) is 6. The normalized spacial score (nSPS) is 13.8. The Labute approximate surface area is 208 Å². The van der Waals surface area contributed by atoms with Gasteiger partial charge in [-0.3, -0.25) is 9.78 Å². The lowest BCUT2D eigenvalue weighted by atomic mass is 9.92. The van der Waals surface area contributed by atoms with E-state index in [4.69, 9.17) is 15.5 Å². The standard InChI is InChI=1S/C29H37N3O3/c1-34-29(33)25(30)20-21-14-16-22(17-15-21)35-19-9-3-2-8-18-31-28-23-10-4-6-12-26(23)32-27-13-7-5-11-24(27)28/h4,6,10,12,14-17,25H,2-3,5,7-9,11,13,18-20,30H2,1H3,(H,31,32)/t25-/m0/s1. The van der Waals surface area contributed by atoms with Crippen molar-refractivity contribution in [2.45, 2.75) is 63.8 Å². The van der Waals surface area contributed by atoms with Gasteiger partial charge in [0.2, 0.25) is 0 Å². The highest BCUT2D eigenvalue weighted by Gasteiger charge is 2.17. The fraction of sp³-hybridized carbons (Fsp3) is 0.448. The number of hydrogen-bond donors (Lipinski definition) is 2. The van der Waals surface area contributed by atoms with E-state index in [1.807, 2.05) is 24.3 Å². The summed E-state index contributed by atoms with van der Waals surface area (Å²) in [6.45, 7) is 1.69. The van der Waals surface area contributed by atoms with Gasteiger partial charge in [0.15, 0.2) is 0 Å². The molecule has 6 nitrogen and oxygen atoms in total. The van der Waals surface area contributed by atoms with Crippen molar-refractivity contribution in [3.63, 3.8) is 0 Å². The first-order chi connectivity index (χ1) is 17.2. The summed E-state index contributed by atoms with van der Waals surface area (Å²) in [5, 5.41) is 5.00. The fourth-order valence-electron chi connectivity index (χ4n) is 4.77. The Morgan fingerprint density at radius 1 is 1.03 bits per heavy atom. The average molecular weight is 476 g/mol. The van der Waals surface area contributed by atoms with Crippen molar-refractivity contribution < 1.29 is 14.3 Å². The van der Waals surface area contributed by atoms with Crippen LogP contribution in [-0.2, 0) is 28.8 Å². The minimum atomic E-state index is -0.635. The average Bonchev–Trinajstić information content (AvgIpc) is 2.90. The third kappa shape index (κ3) is 6.73. The van der Waals surface area contributed by atoms with Crippen LogP contribution in [0.2, 0.25) is 0 Å². The highest BCUT2D eigenvalue weighted by Crippen LogP contribution is 2.33. The molecule has 1 aromatic heterocycles. The molecule has 1 heterocycles. The lowest BCUT2D eigenvalue weighted by molar-refractivity contribution is -0.142. The van der Waals surface area contributed by atoms with Gasteiger partial charge < -0.3 is 20.5 Å². The Morgan fingerprint density at radius 3 is 2.63 bits per heavy atom. The van der Waals surface area contributed by atoms with Gasteiger partial charge in [-0.05, 0) is 74.3 Å². The molecule has 0 spiro atoms. The van der Waals surface area contributed by atoms with Crippen LogP contribution in [0.1, 0.15) is 55.3 Å². The summed E-state index contributed by atoms with van der Waals surface area (Å²) in [6, 6.07) is 15.6. The zero-order chi connectivity index (χ0) is 24.5. The maximum atomic E-state index is 11.5. The third-order valence-electron chi connectivity index (χ3n) is 6.69. The van der Waals surface area contributed by atoms with Gasteiger partial charge in [-0.15, -0.1) is 0 Å². The molecule has 1 aliphatic rings. The summed E-state index contributed by atoms with van der Waals surface area (Å²) >= 11 is 0. The van der Waals surface area contributed by atoms with Crippen molar-refractivity contribution in [3.05, 3.63) is 65.4 Å². The number of rotatable bonds is 12. The summed E-state index contributed by atoms with van der Waals surface area (Å²) < 4.78 is 10.6. The van der Waals surface area contributed by atoms with E-state index in [2.05, 4.69) is 34.3 Å². The highest BCUT2D eigenvalue weighted by atomic mass is 16.5. The quantitative estimate of drug-likeness (QED) is 0.276. The summed E-state index contributed by atoms with van der Waals surface area (Å²) in [4.78, 5) is 16.4. The largest absolute Gasteiger partial charge is 0.494 e. The molecule has 4 rings (SSSR count). The Bertz CT molecular complexity index is 1110. The molecular formula is C29H37N3O3. The predicted molar refractivity (Wildman–Crippen MR) is 141 cm³/mol. The van der Waals surface area contributed by atoms with Crippen molar-refractivity contribution in [2.75, 3.05) is 25.6 Å². The second-order valence-corrected chi connectivity index (χ2v) is 9.30. The smallest absolute Gasteiger partial charge is 0.322 e. The van der Waals surface area contributed by atoms with E-state index in [-0.39, 0.29) is 0 Å². The van der Waals surface area contributed by atoms with Crippen molar-refractivity contribution in [3.8, 4) is 5.75 Å². The first-order valence-corrected chi connectivity index (χ1v) is 12.8. The number of benzene rings is 2. The predicted octanol–water partition coefficient (Wildman–Crippen LogP) is 5.21. The van der Waals surface area contributed by atoms with Gasteiger partial charge in [0, 0.05) is 23.3 Å². The molecule has 1 aliphatic carbocycles. The number of ether oxygens (including phenoxy) is 2. The molecule has 0 radical (unpaired) electrons. The maximum absolute atomic E-state index is 11.5. The van der Waals surface area contributed by atoms with Crippen molar-refractivity contribution in [2.24, 2.45) is 5.73 Å². The maximum Gasteiger partial charge on any atom is 0.322 e. The number of anilines is 1. The van der Waals surface area contributed by atoms with Crippen molar-refractivity contribution in [1.82, 2.24) is 4.98 Å². The van der Waals surface area contributed by atoms with Gasteiger partial charge in [0.1, 0.15) is 11.8 Å². The molecule has 6 heteroatoms. The van der Waals surface area contributed by atoms with Crippen LogP contribution in [0.5, 0.6) is 5.75 Å². The van der Waals surface area contributed by atoms with E-state index < -0.39 is 12.0 Å². The SMILES string of the molecule is COC(=O)[C@@H](N)Cc1ccc(OCCCCCCNc2c3c(nc4ccccc24)CCCC3)cc1. The third-order valence-corrected chi connectivity index (χ3v) is 6.69. The molecule has 0 saturated carbocycles. The van der Waals surface area contributed by atoms with E-state index in [1.165, 1.54) is 48.7 Å². The van der Waals surface area contributed by atoms with Gasteiger partial charge in [-0.1, -0.05) is 43.2 Å². The zero-order valence-corrected chi connectivity index (χ0v) is 20.7. The van der Waals surface area contributed by atoms with Crippen LogP contribution >= 0.6 is 0 Å². The van der Waals surface area contributed by atoms with Crippen LogP contribution in [0.3, 0.4) is 0 Å². The minimum absolute atomic E-state index is 0.394. The van der Waals surface area contributed by atoms with Gasteiger partial charge in [-0.25, -0.2) is 0 Å². The molecule has 3 N–H and O–H groups in total. The summed E-state index contributed by atoms with van der Waals surface area (Å²) in [5.74, 6) is 0.449. The molecule has 35 heavy (non-hydrogen) atoms. The van der Waals surface area contributed by atoms with E-state index in [9.17, 15) is 4.79 Å². The first-order valence-electron chi connectivity index (χ1n) is 12.8. The van der Waals surface area contributed by atoms with Gasteiger partial charge in [-0.2, -0.15) is 0 Å². The topological polar surface area (TPSA) is 86.5 Å². The summed E-state index contributed by atoms with van der Waals surface area (Å²) in [6.07, 6.45) is 9.67. The van der Waals surface area contributed by atoms with Gasteiger partial charge in [0.05, 0.1) is 19.2 Å². The summed E-state index contributed by atoms with van der Waals surface area (Å²) in [7, 11) is 1.35. The zero-order valence-electron chi connectivity index (χ0n) is 20.7. The monoisotopic (exact) mass is 475 g/mol. The van der Waals surface area contributed by atoms with Gasteiger partial charge in [0.25, 0.3) is 0 Å². The number of nitrogens with zero attached hydrogens (tertiary/aromatic N) is 1. The summed E-state index contributed by atoms with van der Waals surface area (Å²) in [5.41, 5.74) is 11.9. The number of carbonyl (C=O) groups excluding carboxylic acids is 1. The Kier molecular flexibility index (Phi) is 8.96. The highest BCUT2D eigenvalue weighted by molar-refractivity contribution is 5.93. The molecule has 0 amide bonds. The molecular weight excluding hydrogens is 438 g/mol. The second-order valence-electron chi connectivity index (χ2n) is 9.30. The van der Waals surface area contributed by atoms with E-state index in [0.29, 0.717) is 13.0 Å². The van der Waals surface area contributed by atoms with E-state index in [1.54, 1.807) is 0 Å². The van der Waals surface area contributed by atoms with Crippen LogP contribution in [0.15, 0.2) is 48.5 Å². The molecule has 3 aromatic rings. The number of nitrogens with one attached hydrogen (secondary N) is 1. The minimum Gasteiger partial charge on any atom is -0.494 e. The Hall–Kier alpha value is -3.12. The van der Waals surface area contributed by atoms with E-state index in [0.717, 1.165) is 55.5 Å². The van der Waals surface area contributed by atoms with Crippen LogP contribution in [0, 0.1) is 0 Å². The number of para-hydroxylation sites is 1. The van der Waals surface area contributed by atoms with Crippen molar-refractivity contribution in [1.29, 1.82) is 0 Å². The number of esters is 1. The lowest BCUT2D eigenvalue weighted by Crippen LogP contribution is -2.33. The molecule has 2 aromatic carbocycles. The lowest BCUT2D eigenvalue weighted by Gasteiger charge is -2.21. The van der Waals surface area contributed by atoms with Crippen molar-refractivity contribution >= 4 is 22.6 Å². The number of aryl methyl sites for hydroxylation is 1. The number of nitrogens with two attached hydrogens (primary N) is 1. The van der Waals surface area contributed by atoms with Crippen LogP contribution in [-0.4, -0.2) is 37.3 Å². The molecule has 186 valence electrons. The molecule has 1 atom stereocenters. The Balaban J connectivity index is 1.16. The Morgan fingerprint density at radius 2 is 1.80 bits per heavy atom. The number of aromatic nitrogens is 1. The molecule has 0 fully saturated rings. The molecule has 0 bridgehead atoms. The fourth-order valence-corrected chi connectivity index (χ4v) is 4.77. The van der Waals surface area contributed by atoms with Crippen LogP contribution in [0.25, 0.3) is 10.9 Å². The molecule has 0 saturated heterocycles. The molecule has 0 aliphatic heterocycles.